The number of rotatable bonds is 17. The number of amides is 2. The summed E-state index contributed by atoms with van der Waals surface area (Å²) in [5, 5.41) is 3.14. The summed E-state index contributed by atoms with van der Waals surface area (Å²) in [5.41, 5.74) is 1.36. The average molecular weight is 498 g/mol. The number of unbranched alkanes of at least 4 members (excludes halogenated alkanes) is 9. The lowest BCUT2D eigenvalue weighted by molar-refractivity contribution is -0.142. The standard InChI is InChI=1S/C31H51N3O2/c1-2-3-4-5-6-7-8-9-10-14-23-32-30(35)28-21-17-26-34(28)31(36)29-22-16-25-33(29)24-15-20-27-18-12-11-13-19-27/h11-13,18-19,28-29H,2-10,14-17,20-26H2,1H3,(H,32,35)/t28-,29-/m0/s1. The highest BCUT2D eigenvalue weighted by molar-refractivity contribution is 5.90. The highest BCUT2D eigenvalue weighted by Crippen LogP contribution is 2.25. The number of hydrogen-bond acceptors (Lipinski definition) is 3. The Hall–Kier alpha value is -1.88. The van der Waals surface area contributed by atoms with Crippen molar-refractivity contribution in [2.75, 3.05) is 26.2 Å². The fourth-order valence-electron chi connectivity index (χ4n) is 5.94. The summed E-state index contributed by atoms with van der Waals surface area (Å²) in [5.74, 6) is 0.245. The van der Waals surface area contributed by atoms with Crippen molar-refractivity contribution in [1.29, 1.82) is 0 Å². The molecule has 5 nitrogen and oxygen atoms in total. The molecule has 0 bridgehead atoms. The molecule has 1 N–H and O–H groups in total. The van der Waals surface area contributed by atoms with Crippen molar-refractivity contribution in [3.05, 3.63) is 35.9 Å². The molecule has 0 spiro atoms. The smallest absolute Gasteiger partial charge is 0.242 e. The molecule has 2 atom stereocenters. The number of nitrogens with zero attached hydrogens (tertiary/aromatic N) is 2. The van der Waals surface area contributed by atoms with Crippen molar-refractivity contribution in [1.82, 2.24) is 15.1 Å². The lowest BCUT2D eigenvalue weighted by Gasteiger charge is -2.31. The van der Waals surface area contributed by atoms with Crippen molar-refractivity contribution in [3.8, 4) is 0 Å². The summed E-state index contributed by atoms with van der Waals surface area (Å²) in [7, 11) is 0. The van der Waals surface area contributed by atoms with Crippen LogP contribution in [0.25, 0.3) is 0 Å². The summed E-state index contributed by atoms with van der Waals surface area (Å²) in [6, 6.07) is 10.3. The molecule has 1 aromatic carbocycles. The third-order valence-electron chi connectivity index (χ3n) is 8.07. The molecule has 2 heterocycles. The molecule has 0 aromatic heterocycles. The third kappa shape index (κ3) is 9.53. The third-order valence-corrected chi connectivity index (χ3v) is 8.07. The highest BCUT2D eigenvalue weighted by Gasteiger charge is 2.40. The Balaban J connectivity index is 1.32. The first-order chi connectivity index (χ1) is 17.7. The molecular weight excluding hydrogens is 446 g/mol. The molecular formula is C31H51N3O2. The number of aryl methyl sites for hydroxylation is 1. The number of carbonyl (C=O) groups excluding carboxylic acids is 2. The van der Waals surface area contributed by atoms with E-state index in [9.17, 15) is 9.59 Å². The van der Waals surface area contributed by atoms with Gasteiger partial charge in [-0.05, 0) is 63.6 Å². The Morgan fingerprint density at radius 1 is 0.806 bits per heavy atom. The number of hydrogen-bond donors (Lipinski definition) is 1. The van der Waals surface area contributed by atoms with E-state index in [1.54, 1.807) is 0 Å². The molecule has 1 aromatic rings. The monoisotopic (exact) mass is 497 g/mol. The van der Waals surface area contributed by atoms with Gasteiger partial charge in [-0.3, -0.25) is 14.5 Å². The SMILES string of the molecule is CCCCCCCCCCCCNC(=O)[C@@H]1CCCN1C(=O)[C@@H]1CCCN1CCCc1ccccc1. The van der Waals surface area contributed by atoms with Crippen molar-refractivity contribution in [2.24, 2.45) is 0 Å². The Bertz CT molecular complexity index is 753. The number of benzene rings is 1. The normalized spacial score (nSPS) is 20.2. The van der Waals surface area contributed by atoms with Gasteiger partial charge < -0.3 is 10.2 Å². The van der Waals surface area contributed by atoms with Crippen molar-refractivity contribution in [3.63, 3.8) is 0 Å². The minimum Gasteiger partial charge on any atom is -0.354 e. The van der Waals surface area contributed by atoms with Gasteiger partial charge in [0.1, 0.15) is 6.04 Å². The van der Waals surface area contributed by atoms with E-state index < -0.39 is 0 Å². The average Bonchev–Trinajstić information content (AvgIpc) is 3.58. The highest BCUT2D eigenvalue weighted by atomic mass is 16.2. The van der Waals surface area contributed by atoms with Gasteiger partial charge in [-0.15, -0.1) is 0 Å². The minimum atomic E-state index is -0.271. The summed E-state index contributed by atoms with van der Waals surface area (Å²) in [4.78, 5) is 30.7. The molecule has 0 unspecified atom stereocenters. The molecule has 0 aliphatic carbocycles. The summed E-state index contributed by atoms with van der Waals surface area (Å²) in [6.07, 6.45) is 18.8. The van der Waals surface area contributed by atoms with Gasteiger partial charge >= 0.3 is 0 Å². The fourth-order valence-corrected chi connectivity index (χ4v) is 5.94. The van der Waals surface area contributed by atoms with E-state index in [1.165, 1.54) is 63.4 Å². The van der Waals surface area contributed by atoms with E-state index >= 15 is 0 Å². The van der Waals surface area contributed by atoms with Crippen LogP contribution in [0.5, 0.6) is 0 Å². The summed E-state index contributed by atoms with van der Waals surface area (Å²) in [6.45, 7) is 5.68. The molecule has 2 aliphatic rings. The van der Waals surface area contributed by atoms with Crippen LogP contribution in [-0.2, 0) is 16.0 Å². The second kappa shape index (κ2) is 16.8. The van der Waals surface area contributed by atoms with Crippen molar-refractivity contribution < 1.29 is 9.59 Å². The zero-order valence-electron chi connectivity index (χ0n) is 22.9. The first-order valence-electron chi connectivity index (χ1n) is 15.1. The Morgan fingerprint density at radius 2 is 1.44 bits per heavy atom. The van der Waals surface area contributed by atoms with Gasteiger partial charge in [0, 0.05) is 13.1 Å². The predicted molar refractivity (Wildman–Crippen MR) is 149 cm³/mol. The van der Waals surface area contributed by atoms with Gasteiger partial charge in [-0.25, -0.2) is 0 Å². The molecule has 2 aliphatic heterocycles. The maximum absolute atomic E-state index is 13.5. The van der Waals surface area contributed by atoms with Crippen LogP contribution in [0.15, 0.2) is 30.3 Å². The molecule has 0 radical (unpaired) electrons. The summed E-state index contributed by atoms with van der Waals surface area (Å²) < 4.78 is 0. The van der Waals surface area contributed by atoms with E-state index in [4.69, 9.17) is 0 Å². The lowest BCUT2D eigenvalue weighted by atomic mass is 10.1. The van der Waals surface area contributed by atoms with Gasteiger partial charge in [-0.1, -0.05) is 95.0 Å². The van der Waals surface area contributed by atoms with E-state index in [2.05, 4.69) is 47.5 Å². The van der Waals surface area contributed by atoms with Crippen LogP contribution < -0.4 is 5.32 Å². The molecule has 2 saturated heterocycles. The first-order valence-corrected chi connectivity index (χ1v) is 15.1. The lowest BCUT2D eigenvalue weighted by Crippen LogP contribution is -2.52. The topological polar surface area (TPSA) is 52.7 Å². The fraction of sp³-hybridized carbons (Fsp3) is 0.742. The van der Waals surface area contributed by atoms with Crippen molar-refractivity contribution >= 4 is 11.8 Å². The van der Waals surface area contributed by atoms with Gasteiger partial charge in [-0.2, -0.15) is 0 Å². The van der Waals surface area contributed by atoms with Crippen LogP contribution in [0.3, 0.4) is 0 Å². The number of likely N-dealkylation sites (tertiary alicyclic amines) is 2. The van der Waals surface area contributed by atoms with Crippen LogP contribution in [0.2, 0.25) is 0 Å². The maximum Gasteiger partial charge on any atom is 0.242 e. The van der Waals surface area contributed by atoms with Gasteiger partial charge in [0.2, 0.25) is 11.8 Å². The van der Waals surface area contributed by atoms with Gasteiger partial charge in [0.25, 0.3) is 0 Å². The van der Waals surface area contributed by atoms with Crippen LogP contribution in [0.4, 0.5) is 0 Å². The van der Waals surface area contributed by atoms with E-state index in [0.29, 0.717) is 0 Å². The van der Waals surface area contributed by atoms with Crippen LogP contribution in [0.1, 0.15) is 109 Å². The molecule has 2 fully saturated rings. The van der Waals surface area contributed by atoms with E-state index in [-0.39, 0.29) is 23.9 Å². The van der Waals surface area contributed by atoms with E-state index in [0.717, 1.165) is 71.1 Å². The Labute approximate surface area is 220 Å². The zero-order valence-corrected chi connectivity index (χ0v) is 22.9. The molecule has 202 valence electrons. The predicted octanol–water partition coefficient (Wildman–Crippen LogP) is 6.11. The quantitative estimate of drug-likeness (QED) is 0.264. The van der Waals surface area contributed by atoms with Gasteiger partial charge in [0.15, 0.2) is 0 Å². The largest absolute Gasteiger partial charge is 0.354 e. The second-order valence-electron chi connectivity index (χ2n) is 10.9. The van der Waals surface area contributed by atoms with E-state index in [1.807, 2.05) is 4.90 Å². The molecule has 5 heteroatoms. The molecule has 36 heavy (non-hydrogen) atoms. The Kier molecular flexibility index (Phi) is 13.4. The number of carbonyl (C=O) groups is 2. The zero-order chi connectivity index (χ0) is 25.4. The molecule has 3 rings (SSSR count). The molecule has 2 amide bonds. The first kappa shape index (κ1) is 28.7. The minimum absolute atomic E-state index is 0.0452. The second-order valence-corrected chi connectivity index (χ2v) is 10.9. The maximum atomic E-state index is 13.5. The van der Waals surface area contributed by atoms with Crippen molar-refractivity contribution in [2.45, 2.75) is 122 Å². The molecule has 0 saturated carbocycles. The Morgan fingerprint density at radius 3 is 2.17 bits per heavy atom. The van der Waals surface area contributed by atoms with Gasteiger partial charge in [0.05, 0.1) is 6.04 Å². The number of nitrogens with one attached hydrogen (secondary N) is 1. The van der Waals surface area contributed by atoms with Crippen LogP contribution in [-0.4, -0.2) is 59.9 Å². The van der Waals surface area contributed by atoms with Crippen LogP contribution in [0, 0.1) is 0 Å². The summed E-state index contributed by atoms with van der Waals surface area (Å²) >= 11 is 0. The van der Waals surface area contributed by atoms with Crippen LogP contribution >= 0.6 is 0 Å².